The van der Waals surface area contributed by atoms with Crippen molar-refractivity contribution in [2.45, 2.75) is 13.5 Å². The van der Waals surface area contributed by atoms with Gasteiger partial charge in [-0.1, -0.05) is 11.6 Å². The van der Waals surface area contributed by atoms with Crippen LogP contribution in [0, 0.1) is 6.92 Å². The minimum atomic E-state index is -0.207. The van der Waals surface area contributed by atoms with Crippen molar-refractivity contribution in [3.05, 3.63) is 50.7 Å². The standard InChI is InChI=1S/C13H14ClN3OS/c1-8-6-19-7-9(8)5-16-13(18)11-4-10(14)2-3-12(11)17-15/h2-4,6-7,17H,5,15H2,1H3,(H,16,18). The Morgan fingerprint density at radius 1 is 1.42 bits per heavy atom. The Morgan fingerprint density at radius 2 is 2.21 bits per heavy atom. The quantitative estimate of drug-likeness (QED) is 0.600. The summed E-state index contributed by atoms with van der Waals surface area (Å²) >= 11 is 7.51. The van der Waals surface area contributed by atoms with Gasteiger partial charge in [0.15, 0.2) is 0 Å². The van der Waals surface area contributed by atoms with Gasteiger partial charge in [0, 0.05) is 11.6 Å². The van der Waals surface area contributed by atoms with Gasteiger partial charge in [-0.15, -0.1) is 0 Å². The molecular weight excluding hydrogens is 282 g/mol. The third-order valence-electron chi connectivity index (χ3n) is 2.78. The Bertz CT molecular complexity index is 597. The number of nitrogen functional groups attached to an aromatic ring is 1. The van der Waals surface area contributed by atoms with Crippen molar-refractivity contribution < 1.29 is 4.79 Å². The molecule has 0 bridgehead atoms. The van der Waals surface area contributed by atoms with Crippen molar-refractivity contribution in [1.29, 1.82) is 0 Å². The van der Waals surface area contributed by atoms with E-state index in [4.69, 9.17) is 17.4 Å². The van der Waals surface area contributed by atoms with Crippen LogP contribution in [0.3, 0.4) is 0 Å². The zero-order chi connectivity index (χ0) is 13.8. The molecule has 0 aliphatic heterocycles. The number of hydrogen-bond acceptors (Lipinski definition) is 4. The van der Waals surface area contributed by atoms with E-state index in [2.05, 4.69) is 10.7 Å². The predicted octanol–water partition coefficient (Wildman–Crippen LogP) is 2.93. The maximum Gasteiger partial charge on any atom is 0.253 e. The van der Waals surface area contributed by atoms with E-state index in [-0.39, 0.29) is 5.91 Å². The van der Waals surface area contributed by atoms with Gasteiger partial charge in [0.1, 0.15) is 0 Å². The SMILES string of the molecule is Cc1cscc1CNC(=O)c1cc(Cl)ccc1NN. The molecule has 2 rings (SSSR count). The Kier molecular flexibility index (Phi) is 4.42. The number of thiophene rings is 1. The number of hydrogen-bond donors (Lipinski definition) is 3. The minimum Gasteiger partial charge on any atom is -0.348 e. The van der Waals surface area contributed by atoms with Crippen LogP contribution in [0.5, 0.6) is 0 Å². The van der Waals surface area contributed by atoms with Gasteiger partial charge in [-0.25, -0.2) is 0 Å². The van der Waals surface area contributed by atoms with Crippen molar-refractivity contribution in [1.82, 2.24) is 5.32 Å². The largest absolute Gasteiger partial charge is 0.348 e. The Labute approximate surface area is 120 Å². The molecule has 0 fully saturated rings. The number of benzene rings is 1. The van der Waals surface area contributed by atoms with Crippen LogP contribution >= 0.6 is 22.9 Å². The highest BCUT2D eigenvalue weighted by molar-refractivity contribution is 7.08. The summed E-state index contributed by atoms with van der Waals surface area (Å²) in [6, 6.07) is 4.94. The summed E-state index contributed by atoms with van der Waals surface area (Å²) in [6.07, 6.45) is 0. The fourth-order valence-electron chi connectivity index (χ4n) is 1.67. The lowest BCUT2D eigenvalue weighted by atomic mass is 10.1. The number of rotatable bonds is 4. The average molecular weight is 296 g/mol. The van der Waals surface area contributed by atoms with Crippen molar-refractivity contribution in [3.63, 3.8) is 0 Å². The molecule has 0 atom stereocenters. The van der Waals surface area contributed by atoms with Crippen LogP contribution in [0.1, 0.15) is 21.5 Å². The number of nitrogens with one attached hydrogen (secondary N) is 2. The first-order valence-electron chi connectivity index (χ1n) is 5.68. The van der Waals surface area contributed by atoms with Crippen LogP contribution in [-0.2, 0) is 6.54 Å². The second-order valence-corrected chi connectivity index (χ2v) is 5.28. The number of halogens is 1. The molecule has 1 aromatic heterocycles. The topological polar surface area (TPSA) is 67.2 Å². The summed E-state index contributed by atoms with van der Waals surface area (Å²) in [7, 11) is 0. The molecule has 1 heterocycles. The van der Waals surface area contributed by atoms with Gasteiger partial charge in [-0.3, -0.25) is 10.6 Å². The van der Waals surface area contributed by atoms with E-state index in [1.54, 1.807) is 29.5 Å². The van der Waals surface area contributed by atoms with E-state index in [1.807, 2.05) is 17.7 Å². The molecule has 0 aliphatic carbocycles. The van der Waals surface area contributed by atoms with E-state index in [9.17, 15) is 4.79 Å². The molecule has 4 nitrogen and oxygen atoms in total. The van der Waals surface area contributed by atoms with Gasteiger partial charge >= 0.3 is 0 Å². The number of nitrogens with two attached hydrogens (primary N) is 1. The summed E-state index contributed by atoms with van der Waals surface area (Å²) in [6.45, 7) is 2.51. The predicted molar refractivity (Wildman–Crippen MR) is 79.5 cm³/mol. The van der Waals surface area contributed by atoms with Crippen LogP contribution < -0.4 is 16.6 Å². The molecule has 0 saturated heterocycles. The smallest absolute Gasteiger partial charge is 0.253 e. The number of amides is 1. The molecule has 1 amide bonds. The number of anilines is 1. The second-order valence-electron chi connectivity index (χ2n) is 4.10. The summed E-state index contributed by atoms with van der Waals surface area (Å²) in [5.41, 5.74) is 5.76. The van der Waals surface area contributed by atoms with Gasteiger partial charge in [0.2, 0.25) is 0 Å². The molecule has 0 radical (unpaired) electrons. The van der Waals surface area contributed by atoms with Gasteiger partial charge in [-0.2, -0.15) is 11.3 Å². The molecule has 19 heavy (non-hydrogen) atoms. The van der Waals surface area contributed by atoms with E-state index < -0.39 is 0 Å². The maximum atomic E-state index is 12.1. The van der Waals surface area contributed by atoms with Crippen LogP contribution in [-0.4, -0.2) is 5.91 Å². The van der Waals surface area contributed by atoms with E-state index in [1.165, 1.54) is 5.56 Å². The average Bonchev–Trinajstić information content (AvgIpc) is 2.81. The first-order valence-corrected chi connectivity index (χ1v) is 7.00. The zero-order valence-corrected chi connectivity index (χ0v) is 11.9. The van der Waals surface area contributed by atoms with Gasteiger partial charge in [0.25, 0.3) is 5.91 Å². The summed E-state index contributed by atoms with van der Waals surface area (Å²) < 4.78 is 0. The van der Waals surface area contributed by atoms with E-state index >= 15 is 0 Å². The van der Waals surface area contributed by atoms with Crippen LogP contribution in [0.4, 0.5) is 5.69 Å². The van der Waals surface area contributed by atoms with Gasteiger partial charge in [-0.05, 0) is 47.0 Å². The zero-order valence-electron chi connectivity index (χ0n) is 10.4. The molecule has 4 N–H and O–H groups in total. The highest BCUT2D eigenvalue weighted by Crippen LogP contribution is 2.20. The van der Waals surface area contributed by atoms with Crippen molar-refractivity contribution >= 4 is 34.5 Å². The highest BCUT2D eigenvalue weighted by atomic mass is 35.5. The maximum absolute atomic E-state index is 12.1. The normalized spacial score (nSPS) is 10.3. The van der Waals surface area contributed by atoms with Gasteiger partial charge < -0.3 is 10.7 Å². The molecular formula is C13H14ClN3OS. The molecule has 0 spiro atoms. The van der Waals surface area contributed by atoms with Crippen molar-refractivity contribution in [3.8, 4) is 0 Å². The van der Waals surface area contributed by atoms with Crippen molar-refractivity contribution in [2.24, 2.45) is 5.84 Å². The summed E-state index contributed by atoms with van der Waals surface area (Å²) in [4.78, 5) is 12.1. The summed E-state index contributed by atoms with van der Waals surface area (Å²) in [5.74, 6) is 5.17. The molecule has 0 unspecified atom stereocenters. The lowest BCUT2D eigenvalue weighted by molar-refractivity contribution is 0.0951. The lowest BCUT2D eigenvalue weighted by Gasteiger charge is -2.10. The molecule has 6 heteroatoms. The first-order chi connectivity index (χ1) is 9.11. The molecule has 2 aromatic rings. The Balaban J connectivity index is 2.12. The van der Waals surface area contributed by atoms with E-state index in [0.29, 0.717) is 22.8 Å². The minimum absolute atomic E-state index is 0.207. The van der Waals surface area contributed by atoms with Crippen LogP contribution in [0.25, 0.3) is 0 Å². The third kappa shape index (κ3) is 3.26. The van der Waals surface area contributed by atoms with Crippen LogP contribution in [0.2, 0.25) is 5.02 Å². The Morgan fingerprint density at radius 3 is 2.84 bits per heavy atom. The fourth-order valence-corrected chi connectivity index (χ4v) is 2.70. The molecule has 1 aromatic carbocycles. The third-order valence-corrected chi connectivity index (χ3v) is 3.93. The Hall–Kier alpha value is -1.56. The van der Waals surface area contributed by atoms with Gasteiger partial charge in [0.05, 0.1) is 11.3 Å². The summed E-state index contributed by atoms with van der Waals surface area (Å²) in [5, 5.41) is 7.43. The number of hydrazine groups is 1. The second kappa shape index (κ2) is 6.06. The van der Waals surface area contributed by atoms with Crippen LogP contribution in [0.15, 0.2) is 29.0 Å². The van der Waals surface area contributed by atoms with Crippen molar-refractivity contribution in [2.75, 3.05) is 5.43 Å². The monoisotopic (exact) mass is 295 g/mol. The number of aryl methyl sites for hydroxylation is 1. The molecule has 0 saturated carbocycles. The fraction of sp³-hybridized carbons (Fsp3) is 0.154. The molecule has 100 valence electrons. The number of carbonyl (C=O) groups is 1. The number of carbonyl (C=O) groups excluding carboxylic acids is 1. The molecule has 0 aliphatic rings. The van der Waals surface area contributed by atoms with E-state index in [0.717, 1.165) is 5.56 Å². The first kappa shape index (κ1) is 13.9. The lowest BCUT2D eigenvalue weighted by Crippen LogP contribution is -2.24. The highest BCUT2D eigenvalue weighted by Gasteiger charge is 2.12.